The highest BCUT2D eigenvalue weighted by Gasteiger charge is 2.55. The molecule has 1 aromatic rings. The van der Waals surface area contributed by atoms with E-state index in [9.17, 15) is 9.59 Å². The molecular weight excluding hydrogens is 362 g/mol. The molecule has 2 heterocycles. The lowest BCUT2D eigenvalue weighted by molar-refractivity contribution is -0.159. The Balaban J connectivity index is 1.19. The van der Waals surface area contributed by atoms with Crippen LogP contribution in [0.3, 0.4) is 0 Å². The molecule has 4 bridgehead atoms. The number of carbonyl (C=O) groups excluding carboxylic acids is 2. The second kappa shape index (κ2) is 6.97. The summed E-state index contributed by atoms with van der Waals surface area (Å²) < 4.78 is 2.08. The SMILES string of the molecule is Cc1cc(C(=O)CN2CCN(C(=O)C34CC5CC(CC(C5)C3)C4)CC2)c(C)n1C. The average Bonchev–Trinajstić information content (AvgIpc) is 2.94. The van der Waals surface area contributed by atoms with E-state index < -0.39 is 0 Å². The highest BCUT2D eigenvalue weighted by molar-refractivity contribution is 5.99. The van der Waals surface area contributed by atoms with Crippen molar-refractivity contribution in [2.24, 2.45) is 30.2 Å². The molecule has 0 radical (unpaired) electrons. The second-order valence-corrected chi connectivity index (χ2v) is 10.5. The molecule has 5 heteroatoms. The van der Waals surface area contributed by atoms with Crippen LogP contribution in [0.2, 0.25) is 0 Å². The molecule has 1 aromatic heterocycles. The van der Waals surface area contributed by atoms with Crippen molar-refractivity contribution in [2.45, 2.75) is 52.4 Å². The monoisotopic (exact) mass is 397 g/mol. The van der Waals surface area contributed by atoms with Crippen LogP contribution in [0.5, 0.6) is 0 Å². The molecule has 1 amide bonds. The van der Waals surface area contributed by atoms with Crippen LogP contribution in [0.1, 0.15) is 60.3 Å². The van der Waals surface area contributed by atoms with Crippen molar-refractivity contribution in [3.8, 4) is 0 Å². The van der Waals surface area contributed by atoms with E-state index in [1.165, 1.54) is 19.3 Å². The van der Waals surface area contributed by atoms with Crippen LogP contribution in [-0.4, -0.2) is 58.8 Å². The maximum absolute atomic E-state index is 13.5. The number of hydrogen-bond donors (Lipinski definition) is 0. The van der Waals surface area contributed by atoms with Crippen LogP contribution in [0, 0.1) is 37.0 Å². The first-order chi connectivity index (χ1) is 13.8. The molecule has 158 valence electrons. The van der Waals surface area contributed by atoms with E-state index >= 15 is 0 Å². The third-order valence-electron chi connectivity index (χ3n) is 8.59. The Morgan fingerprint density at radius 2 is 1.52 bits per heavy atom. The number of ketones is 1. The average molecular weight is 398 g/mol. The summed E-state index contributed by atoms with van der Waals surface area (Å²) >= 11 is 0. The predicted octanol–water partition coefficient (Wildman–Crippen LogP) is 3.19. The van der Waals surface area contributed by atoms with Gasteiger partial charge in [-0.15, -0.1) is 0 Å². The smallest absolute Gasteiger partial charge is 0.228 e. The molecule has 5 nitrogen and oxygen atoms in total. The Kier molecular flexibility index (Phi) is 4.65. The minimum Gasteiger partial charge on any atom is -0.351 e. The summed E-state index contributed by atoms with van der Waals surface area (Å²) in [7, 11) is 2.01. The molecule has 1 aliphatic heterocycles. The topological polar surface area (TPSA) is 45.6 Å². The van der Waals surface area contributed by atoms with Crippen LogP contribution in [0.15, 0.2) is 6.07 Å². The van der Waals surface area contributed by atoms with E-state index in [0.29, 0.717) is 12.5 Å². The van der Waals surface area contributed by atoms with Gasteiger partial charge in [0.25, 0.3) is 0 Å². The summed E-state index contributed by atoms with van der Waals surface area (Å²) in [4.78, 5) is 30.7. The number of Topliss-reactive ketones (excluding diaryl/α,β-unsaturated/α-hetero) is 1. The summed E-state index contributed by atoms with van der Waals surface area (Å²) in [5, 5.41) is 0. The van der Waals surface area contributed by atoms with Gasteiger partial charge in [0.15, 0.2) is 5.78 Å². The number of nitrogens with zero attached hydrogens (tertiary/aromatic N) is 3. The van der Waals surface area contributed by atoms with E-state index in [0.717, 1.165) is 80.1 Å². The summed E-state index contributed by atoms with van der Waals surface area (Å²) in [6.45, 7) is 7.70. The van der Waals surface area contributed by atoms with Crippen molar-refractivity contribution in [1.82, 2.24) is 14.4 Å². The molecule has 4 saturated carbocycles. The Hall–Kier alpha value is -1.62. The van der Waals surface area contributed by atoms with Crippen LogP contribution in [0.25, 0.3) is 0 Å². The quantitative estimate of drug-likeness (QED) is 0.733. The first-order valence-electron chi connectivity index (χ1n) is 11.5. The molecular formula is C24H35N3O2. The van der Waals surface area contributed by atoms with E-state index in [4.69, 9.17) is 0 Å². The summed E-state index contributed by atoms with van der Waals surface area (Å²) in [5.74, 6) is 3.06. The Morgan fingerprint density at radius 1 is 0.966 bits per heavy atom. The van der Waals surface area contributed by atoms with Gasteiger partial charge < -0.3 is 9.47 Å². The molecule has 5 fully saturated rings. The Morgan fingerprint density at radius 3 is 2.00 bits per heavy atom. The predicted molar refractivity (Wildman–Crippen MR) is 113 cm³/mol. The summed E-state index contributed by atoms with van der Waals surface area (Å²) in [6.07, 6.45) is 7.55. The number of amides is 1. The van der Waals surface area contributed by atoms with Crippen molar-refractivity contribution in [1.29, 1.82) is 0 Å². The minimum absolute atomic E-state index is 0.0363. The zero-order chi connectivity index (χ0) is 20.3. The van der Waals surface area contributed by atoms with Crippen LogP contribution in [-0.2, 0) is 11.8 Å². The maximum Gasteiger partial charge on any atom is 0.228 e. The first kappa shape index (κ1) is 19.3. The van der Waals surface area contributed by atoms with E-state index in [1.54, 1.807) is 0 Å². The lowest BCUT2D eigenvalue weighted by Crippen LogP contribution is -2.58. The molecule has 1 saturated heterocycles. The first-order valence-corrected chi connectivity index (χ1v) is 11.5. The highest BCUT2D eigenvalue weighted by atomic mass is 16.2. The zero-order valence-electron chi connectivity index (χ0n) is 18.2. The van der Waals surface area contributed by atoms with E-state index in [-0.39, 0.29) is 11.2 Å². The van der Waals surface area contributed by atoms with Gasteiger partial charge in [0, 0.05) is 50.2 Å². The lowest BCUT2D eigenvalue weighted by atomic mass is 9.49. The van der Waals surface area contributed by atoms with Gasteiger partial charge in [0.2, 0.25) is 5.91 Å². The standard InChI is InChI=1S/C24H35N3O2/c1-16-8-21(17(2)25(16)3)22(28)15-26-4-6-27(7-5-26)23(29)24-12-18-9-19(13-24)11-20(10-18)14-24/h8,18-20H,4-7,9-15H2,1-3H3. The fourth-order valence-electron chi connectivity index (χ4n) is 7.24. The van der Waals surface area contributed by atoms with Crippen molar-refractivity contribution < 1.29 is 9.59 Å². The van der Waals surface area contributed by atoms with E-state index in [1.807, 2.05) is 27.0 Å². The molecule has 0 spiro atoms. The molecule has 0 aromatic carbocycles. The van der Waals surface area contributed by atoms with Gasteiger partial charge in [0.1, 0.15) is 0 Å². The Labute approximate surface area is 174 Å². The molecule has 0 N–H and O–H groups in total. The van der Waals surface area contributed by atoms with Gasteiger partial charge in [-0.05, 0) is 76.2 Å². The van der Waals surface area contributed by atoms with Gasteiger partial charge in [0.05, 0.1) is 12.0 Å². The molecule has 29 heavy (non-hydrogen) atoms. The molecule has 4 aliphatic carbocycles. The number of rotatable bonds is 4. The van der Waals surface area contributed by atoms with Crippen molar-refractivity contribution >= 4 is 11.7 Å². The van der Waals surface area contributed by atoms with Gasteiger partial charge in [-0.1, -0.05) is 0 Å². The van der Waals surface area contributed by atoms with E-state index in [2.05, 4.69) is 14.4 Å². The highest BCUT2D eigenvalue weighted by Crippen LogP contribution is 2.60. The maximum atomic E-state index is 13.5. The van der Waals surface area contributed by atoms with Gasteiger partial charge in [-0.2, -0.15) is 0 Å². The number of piperazine rings is 1. The minimum atomic E-state index is -0.0363. The number of aromatic nitrogens is 1. The van der Waals surface area contributed by atoms with Gasteiger partial charge in [-0.25, -0.2) is 0 Å². The molecule has 5 aliphatic rings. The summed E-state index contributed by atoms with van der Waals surface area (Å²) in [5.41, 5.74) is 2.97. The molecule has 0 unspecified atom stereocenters. The Bertz CT molecular complexity index is 796. The second-order valence-electron chi connectivity index (χ2n) is 10.5. The van der Waals surface area contributed by atoms with Crippen molar-refractivity contribution in [3.63, 3.8) is 0 Å². The normalized spacial score (nSPS) is 34.0. The van der Waals surface area contributed by atoms with Crippen molar-refractivity contribution in [2.75, 3.05) is 32.7 Å². The third-order valence-corrected chi connectivity index (χ3v) is 8.59. The third kappa shape index (κ3) is 3.26. The lowest BCUT2D eigenvalue weighted by Gasteiger charge is -2.57. The molecule has 6 rings (SSSR count). The van der Waals surface area contributed by atoms with Gasteiger partial charge >= 0.3 is 0 Å². The van der Waals surface area contributed by atoms with Crippen LogP contribution >= 0.6 is 0 Å². The largest absolute Gasteiger partial charge is 0.351 e. The zero-order valence-corrected chi connectivity index (χ0v) is 18.2. The molecule has 0 atom stereocenters. The number of hydrogen-bond acceptors (Lipinski definition) is 3. The van der Waals surface area contributed by atoms with Crippen LogP contribution < -0.4 is 0 Å². The van der Waals surface area contributed by atoms with Crippen LogP contribution in [0.4, 0.5) is 0 Å². The number of aryl methyl sites for hydroxylation is 1. The fraction of sp³-hybridized carbons (Fsp3) is 0.750. The van der Waals surface area contributed by atoms with Crippen molar-refractivity contribution in [3.05, 3.63) is 23.0 Å². The van der Waals surface area contributed by atoms with Gasteiger partial charge in [-0.3, -0.25) is 14.5 Å². The fourth-order valence-corrected chi connectivity index (χ4v) is 7.24. The summed E-state index contributed by atoms with van der Waals surface area (Å²) in [6, 6.07) is 2.00. The number of carbonyl (C=O) groups is 2.